The summed E-state index contributed by atoms with van der Waals surface area (Å²) in [5, 5.41) is 23.5. The van der Waals surface area contributed by atoms with E-state index in [9.17, 15) is 43.8 Å². The van der Waals surface area contributed by atoms with Crippen molar-refractivity contribution >= 4 is 40.9 Å². The first kappa shape index (κ1) is 32.4. The van der Waals surface area contributed by atoms with Crippen molar-refractivity contribution in [3.05, 3.63) is 63.7 Å². The Labute approximate surface area is 270 Å². The Morgan fingerprint density at radius 1 is 1.00 bits per heavy atom. The third-order valence-corrected chi connectivity index (χ3v) is 10.5. The molecule has 3 amide bonds. The molecule has 47 heavy (non-hydrogen) atoms. The number of carbonyl (C=O) groups is 7. The topological polar surface area (TPSA) is 192 Å². The largest absolute Gasteiger partial charge is 0.507 e. The highest BCUT2D eigenvalue weighted by molar-refractivity contribution is 6.32. The molecule has 2 unspecified atom stereocenters. The number of aryl methyl sites for hydroxylation is 1. The fourth-order valence-corrected chi connectivity index (χ4v) is 8.27. The van der Waals surface area contributed by atoms with Crippen LogP contribution in [0, 0.1) is 23.7 Å². The third-order valence-electron chi connectivity index (χ3n) is 10.5. The van der Waals surface area contributed by atoms with Crippen molar-refractivity contribution in [2.45, 2.75) is 63.6 Å². The summed E-state index contributed by atoms with van der Waals surface area (Å²) in [6.07, 6.45) is 3.18. The molecule has 0 aromatic heterocycles. The van der Waals surface area contributed by atoms with Gasteiger partial charge in [-0.25, -0.2) is 0 Å². The average molecular weight is 644 g/mol. The third kappa shape index (κ3) is 4.68. The molecule has 4 N–H and O–H groups in total. The number of carbonyl (C=O) groups excluding carboxylic acids is 7. The molecule has 0 bridgehead atoms. The maximum absolute atomic E-state index is 14.4. The normalized spacial score (nSPS) is 28.4. The van der Waals surface area contributed by atoms with Gasteiger partial charge in [0.1, 0.15) is 5.75 Å². The number of amides is 3. The number of primary amides is 1. The van der Waals surface area contributed by atoms with Crippen LogP contribution < -0.4 is 5.73 Å². The van der Waals surface area contributed by atoms with Gasteiger partial charge in [0, 0.05) is 11.5 Å². The summed E-state index contributed by atoms with van der Waals surface area (Å²) in [6.45, 7) is 1.72. The SMILES string of the molecule is CCCCCc1cc(CN2C(=O)c3ccccc3C2=O)c(O)c2c1C[C@@H]1C[C@@H]3[C@@H](N(C)C)C(=O)C(C(N)=O)C(=O)[C@]3(O)C(=O)C1C2=O. The van der Waals surface area contributed by atoms with Crippen LogP contribution in [0.4, 0.5) is 0 Å². The van der Waals surface area contributed by atoms with Gasteiger partial charge in [0.05, 0.1) is 35.2 Å². The maximum atomic E-state index is 14.4. The fraction of sp³-hybridized carbons (Fsp3) is 0.457. The number of ketones is 4. The van der Waals surface area contributed by atoms with Crippen molar-refractivity contribution in [2.24, 2.45) is 29.4 Å². The van der Waals surface area contributed by atoms with Gasteiger partial charge in [0.2, 0.25) is 5.91 Å². The lowest BCUT2D eigenvalue weighted by molar-refractivity contribution is -0.181. The standard InChI is InChI=1S/C35H37N3O9/c1-4-5-6-9-16-12-18(15-38-33(45)19-10-7-8-11-20(19)34(38)46)27(39)24-21(16)13-17-14-22-26(37(2)3)29(41)25(32(36)44)31(43)35(22,47)30(42)23(17)28(24)40/h7-8,10-12,17,22-23,25-26,39,47H,4-6,9,13-15H2,1-3H3,(H2,36,44)/t17-,22-,23?,25?,26-,35-/m1/s1. The molecule has 2 aromatic rings. The second-order valence-corrected chi connectivity index (χ2v) is 13.4. The highest BCUT2D eigenvalue weighted by atomic mass is 16.3. The van der Waals surface area contributed by atoms with Crippen LogP contribution in [0.25, 0.3) is 0 Å². The minimum atomic E-state index is -2.83. The molecule has 4 aliphatic rings. The van der Waals surface area contributed by atoms with Crippen molar-refractivity contribution < 1.29 is 43.8 Å². The van der Waals surface area contributed by atoms with E-state index in [4.69, 9.17) is 5.73 Å². The fourth-order valence-electron chi connectivity index (χ4n) is 8.27. The first-order valence-electron chi connectivity index (χ1n) is 15.9. The molecule has 246 valence electrons. The summed E-state index contributed by atoms with van der Waals surface area (Å²) in [7, 11) is 3.07. The molecule has 2 fully saturated rings. The lowest BCUT2D eigenvalue weighted by atomic mass is 9.52. The molecule has 3 aliphatic carbocycles. The van der Waals surface area contributed by atoms with Gasteiger partial charge in [-0.3, -0.25) is 43.4 Å². The van der Waals surface area contributed by atoms with Gasteiger partial charge in [0.15, 0.2) is 34.7 Å². The molecule has 2 aromatic carbocycles. The highest BCUT2D eigenvalue weighted by Crippen LogP contribution is 2.51. The zero-order chi connectivity index (χ0) is 34.1. The van der Waals surface area contributed by atoms with Gasteiger partial charge in [-0.15, -0.1) is 0 Å². The van der Waals surface area contributed by atoms with Crippen molar-refractivity contribution in [3.63, 3.8) is 0 Å². The summed E-state index contributed by atoms with van der Waals surface area (Å²) in [6, 6.07) is 6.89. The van der Waals surface area contributed by atoms with E-state index in [-0.39, 0.29) is 41.6 Å². The number of benzene rings is 2. The molecular formula is C35H37N3O9. The van der Waals surface area contributed by atoms with Crippen LogP contribution >= 0.6 is 0 Å². The molecule has 12 heteroatoms. The second kappa shape index (κ2) is 11.6. The number of rotatable bonds is 8. The summed E-state index contributed by atoms with van der Waals surface area (Å²) < 4.78 is 0. The first-order valence-corrected chi connectivity index (χ1v) is 15.9. The predicted octanol–water partition coefficient (Wildman–Crippen LogP) is 1.40. The number of aliphatic hydroxyl groups is 1. The molecule has 12 nitrogen and oxygen atoms in total. The Morgan fingerprint density at radius 2 is 1.64 bits per heavy atom. The number of Topliss-reactive ketones (excluding diaryl/α,β-unsaturated/α-hetero) is 4. The second-order valence-electron chi connectivity index (χ2n) is 13.4. The summed E-state index contributed by atoms with van der Waals surface area (Å²) in [5.41, 5.74) is 4.30. The van der Waals surface area contributed by atoms with Gasteiger partial charge in [0.25, 0.3) is 11.8 Å². The molecule has 0 radical (unpaired) electrons. The number of hydrogen-bond acceptors (Lipinski definition) is 10. The summed E-state index contributed by atoms with van der Waals surface area (Å²) in [4.78, 5) is 96.5. The number of phenols is 1. The summed E-state index contributed by atoms with van der Waals surface area (Å²) in [5.74, 6) is -12.4. The van der Waals surface area contributed by atoms with E-state index in [1.54, 1.807) is 30.3 Å². The number of phenolic OH excluding ortho intramolecular Hbond substituents is 1. The van der Waals surface area contributed by atoms with E-state index in [0.717, 1.165) is 29.7 Å². The van der Waals surface area contributed by atoms with E-state index < -0.39 is 81.9 Å². The van der Waals surface area contributed by atoms with Crippen LogP contribution in [-0.4, -0.2) is 86.6 Å². The Hall–Kier alpha value is -4.55. The van der Waals surface area contributed by atoms with Gasteiger partial charge < -0.3 is 15.9 Å². The van der Waals surface area contributed by atoms with Gasteiger partial charge in [-0.2, -0.15) is 0 Å². The first-order chi connectivity index (χ1) is 22.2. The van der Waals surface area contributed by atoms with Crippen molar-refractivity contribution in [2.75, 3.05) is 14.1 Å². The van der Waals surface area contributed by atoms with E-state index in [2.05, 4.69) is 0 Å². The van der Waals surface area contributed by atoms with Crippen molar-refractivity contribution in [1.29, 1.82) is 0 Å². The number of unbranched alkanes of at least 4 members (excludes halogenated alkanes) is 2. The van der Waals surface area contributed by atoms with E-state index in [1.807, 2.05) is 6.92 Å². The van der Waals surface area contributed by atoms with Crippen LogP contribution in [0.15, 0.2) is 30.3 Å². The minimum absolute atomic E-state index is 0.0458. The molecule has 1 aliphatic heterocycles. The van der Waals surface area contributed by atoms with Crippen LogP contribution in [0.2, 0.25) is 0 Å². The number of fused-ring (bicyclic) bond motifs is 4. The predicted molar refractivity (Wildman–Crippen MR) is 165 cm³/mol. The molecule has 0 spiro atoms. The number of likely N-dealkylation sites (N-methyl/N-ethyl adjacent to an activating group) is 1. The van der Waals surface area contributed by atoms with E-state index >= 15 is 0 Å². The highest BCUT2D eigenvalue weighted by Gasteiger charge is 2.69. The minimum Gasteiger partial charge on any atom is -0.507 e. The Bertz CT molecular complexity index is 1750. The number of imide groups is 1. The maximum Gasteiger partial charge on any atom is 0.261 e. The number of nitrogens with two attached hydrogens (primary N) is 1. The van der Waals surface area contributed by atoms with Gasteiger partial charge in [-0.1, -0.05) is 31.9 Å². The molecule has 6 atom stereocenters. The number of nitrogens with zero attached hydrogens (tertiary/aromatic N) is 2. The van der Waals surface area contributed by atoms with Crippen LogP contribution in [0.5, 0.6) is 5.75 Å². The Balaban J connectivity index is 1.44. The van der Waals surface area contributed by atoms with Crippen molar-refractivity contribution in [1.82, 2.24) is 9.80 Å². The smallest absolute Gasteiger partial charge is 0.261 e. The Kier molecular flexibility index (Phi) is 8.00. The summed E-state index contributed by atoms with van der Waals surface area (Å²) >= 11 is 0. The molecule has 0 saturated heterocycles. The number of aromatic hydroxyl groups is 1. The van der Waals surface area contributed by atoms with E-state index in [1.165, 1.54) is 19.0 Å². The van der Waals surface area contributed by atoms with Crippen LogP contribution in [0.3, 0.4) is 0 Å². The molecule has 1 heterocycles. The zero-order valence-corrected chi connectivity index (χ0v) is 26.4. The monoisotopic (exact) mass is 643 g/mol. The van der Waals surface area contributed by atoms with Gasteiger partial charge >= 0.3 is 0 Å². The quantitative estimate of drug-likeness (QED) is 0.215. The Morgan fingerprint density at radius 3 is 2.21 bits per heavy atom. The zero-order valence-electron chi connectivity index (χ0n) is 26.4. The van der Waals surface area contributed by atoms with Crippen LogP contribution in [-0.2, 0) is 38.6 Å². The van der Waals surface area contributed by atoms with Crippen molar-refractivity contribution in [3.8, 4) is 5.75 Å². The lowest BCUT2D eigenvalue weighted by Crippen LogP contribution is -2.74. The average Bonchev–Trinajstić information content (AvgIpc) is 3.25. The molecular weight excluding hydrogens is 606 g/mol. The number of hydrogen-bond donors (Lipinski definition) is 3. The molecule has 2 saturated carbocycles. The van der Waals surface area contributed by atoms with Gasteiger partial charge in [-0.05, 0) is 75.0 Å². The lowest BCUT2D eigenvalue weighted by Gasteiger charge is -2.52. The molecule has 6 rings (SSSR count). The van der Waals surface area contributed by atoms with Crippen LogP contribution in [0.1, 0.15) is 80.4 Å². The van der Waals surface area contributed by atoms with E-state index in [0.29, 0.717) is 12.0 Å².